The van der Waals surface area contributed by atoms with E-state index in [-0.39, 0.29) is 29.7 Å². The number of nitro groups is 1. The van der Waals surface area contributed by atoms with Crippen LogP contribution in [0.4, 0.5) is 11.5 Å². The topological polar surface area (TPSA) is 110 Å². The first-order valence-corrected chi connectivity index (χ1v) is 5.83. The maximum Gasteiger partial charge on any atom is 0.311 e. The SMILES string of the molecule is O=C(NCCNc1ncccc1[N+](=O)[O-])c1ccco1. The summed E-state index contributed by atoms with van der Waals surface area (Å²) in [6.45, 7) is 0.595. The number of furan rings is 1. The van der Waals surface area contributed by atoms with E-state index >= 15 is 0 Å². The Morgan fingerprint density at radius 1 is 1.35 bits per heavy atom. The molecule has 2 aromatic heterocycles. The van der Waals surface area contributed by atoms with Crippen molar-refractivity contribution in [3.63, 3.8) is 0 Å². The molecule has 0 saturated carbocycles. The summed E-state index contributed by atoms with van der Waals surface area (Å²) in [6, 6.07) is 6.01. The third-order valence-electron chi connectivity index (χ3n) is 2.43. The van der Waals surface area contributed by atoms with Crippen LogP contribution in [0.1, 0.15) is 10.6 Å². The van der Waals surface area contributed by atoms with Gasteiger partial charge in [-0.1, -0.05) is 0 Å². The molecule has 2 aromatic rings. The Bertz CT molecular complexity index is 597. The minimum atomic E-state index is -0.517. The molecule has 0 radical (unpaired) electrons. The predicted molar refractivity (Wildman–Crippen MR) is 70.4 cm³/mol. The van der Waals surface area contributed by atoms with Gasteiger partial charge in [-0.25, -0.2) is 4.98 Å². The smallest absolute Gasteiger partial charge is 0.311 e. The fourth-order valence-corrected chi connectivity index (χ4v) is 1.53. The zero-order valence-corrected chi connectivity index (χ0v) is 10.4. The number of hydrogen-bond donors (Lipinski definition) is 2. The monoisotopic (exact) mass is 276 g/mol. The van der Waals surface area contributed by atoms with E-state index in [2.05, 4.69) is 15.6 Å². The Morgan fingerprint density at radius 2 is 2.20 bits per heavy atom. The van der Waals surface area contributed by atoms with Crippen LogP contribution in [0.5, 0.6) is 0 Å². The van der Waals surface area contributed by atoms with Crippen molar-refractivity contribution in [1.82, 2.24) is 10.3 Å². The highest BCUT2D eigenvalue weighted by Crippen LogP contribution is 2.19. The fourth-order valence-electron chi connectivity index (χ4n) is 1.53. The standard InChI is InChI=1S/C12H12N4O4/c17-12(10-4-2-8-20-10)15-7-6-14-11-9(16(18)19)3-1-5-13-11/h1-5,8H,6-7H2,(H,13,14)(H,15,17). The summed E-state index contributed by atoms with van der Waals surface area (Å²) < 4.78 is 4.93. The number of nitrogens with zero attached hydrogens (tertiary/aromatic N) is 2. The first-order chi connectivity index (χ1) is 9.68. The summed E-state index contributed by atoms with van der Waals surface area (Å²) in [5.41, 5.74) is -0.107. The molecule has 8 nitrogen and oxygen atoms in total. The van der Waals surface area contributed by atoms with Gasteiger partial charge in [0.2, 0.25) is 5.82 Å². The van der Waals surface area contributed by atoms with Gasteiger partial charge in [-0.15, -0.1) is 0 Å². The number of nitrogens with one attached hydrogen (secondary N) is 2. The normalized spacial score (nSPS) is 10.0. The molecule has 0 atom stereocenters. The Hall–Kier alpha value is -2.90. The van der Waals surface area contributed by atoms with Crippen molar-refractivity contribution in [3.8, 4) is 0 Å². The Labute approximate surface area is 114 Å². The van der Waals surface area contributed by atoms with Gasteiger partial charge in [0.25, 0.3) is 5.91 Å². The quantitative estimate of drug-likeness (QED) is 0.469. The zero-order chi connectivity index (χ0) is 14.4. The van der Waals surface area contributed by atoms with E-state index < -0.39 is 4.92 Å². The van der Waals surface area contributed by atoms with Gasteiger partial charge in [0.15, 0.2) is 5.76 Å². The summed E-state index contributed by atoms with van der Waals surface area (Å²) in [5.74, 6) is 0.0471. The van der Waals surface area contributed by atoms with Crippen molar-refractivity contribution >= 4 is 17.4 Å². The van der Waals surface area contributed by atoms with Gasteiger partial charge in [-0.3, -0.25) is 14.9 Å². The van der Waals surface area contributed by atoms with Gasteiger partial charge in [0.1, 0.15) is 0 Å². The van der Waals surface area contributed by atoms with Crippen molar-refractivity contribution in [2.75, 3.05) is 18.4 Å². The highest BCUT2D eigenvalue weighted by molar-refractivity contribution is 5.91. The van der Waals surface area contributed by atoms with Gasteiger partial charge >= 0.3 is 5.69 Å². The minimum Gasteiger partial charge on any atom is -0.459 e. The number of carbonyl (C=O) groups is 1. The maximum absolute atomic E-state index is 11.5. The van der Waals surface area contributed by atoms with E-state index in [1.165, 1.54) is 24.6 Å². The van der Waals surface area contributed by atoms with Gasteiger partial charge in [0, 0.05) is 25.4 Å². The van der Waals surface area contributed by atoms with Crippen LogP contribution in [0.2, 0.25) is 0 Å². The van der Waals surface area contributed by atoms with Crippen LogP contribution in [0, 0.1) is 10.1 Å². The lowest BCUT2D eigenvalue weighted by molar-refractivity contribution is -0.384. The van der Waals surface area contributed by atoms with E-state index in [1.807, 2.05) is 0 Å². The van der Waals surface area contributed by atoms with Crippen molar-refractivity contribution in [2.24, 2.45) is 0 Å². The van der Waals surface area contributed by atoms with Gasteiger partial charge in [-0.05, 0) is 18.2 Å². The summed E-state index contributed by atoms with van der Waals surface area (Å²) in [6.07, 6.45) is 2.86. The van der Waals surface area contributed by atoms with Crippen molar-refractivity contribution in [1.29, 1.82) is 0 Å². The molecule has 0 bridgehead atoms. The summed E-state index contributed by atoms with van der Waals surface area (Å²) in [7, 11) is 0. The molecule has 0 aliphatic rings. The molecule has 0 aliphatic heterocycles. The molecule has 0 aromatic carbocycles. The molecular formula is C12H12N4O4. The maximum atomic E-state index is 11.5. The summed E-state index contributed by atoms with van der Waals surface area (Å²) in [5, 5.41) is 16.2. The average molecular weight is 276 g/mol. The Kier molecular flexibility index (Phi) is 4.28. The summed E-state index contributed by atoms with van der Waals surface area (Å²) in [4.78, 5) is 25.7. The molecule has 1 amide bonds. The first kappa shape index (κ1) is 13.5. The van der Waals surface area contributed by atoms with Crippen molar-refractivity contribution < 1.29 is 14.1 Å². The molecule has 104 valence electrons. The number of rotatable bonds is 6. The predicted octanol–water partition coefficient (Wildman–Crippen LogP) is 1.42. The van der Waals surface area contributed by atoms with Crippen LogP contribution in [0.15, 0.2) is 41.1 Å². The molecule has 0 fully saturated rings. The second kappa shape index (κ2) is 6.32. The summed E-state index contributed by atoms with van der Waals surface area (Å²) >= 11 is 0. The number of pyridine rings is 1. The van der Waals surface area contributed by atoms with Crippen LogP contribution in [-0.2, 0) is 0 Å². The Balaban J connectivity index is 1.82. The van der Waals surface area contributed by atoms with E-state index in [4.69, 9.17) is 4.42 Å². The van der Waals surface area contributed by atoms with Crippen LogP contribution >= 0.6 is 0 Å². The third kappa shape index (κ3) is 3.31. The average Bonchev–Trinajstić information content (AvgIpc) is 2.98. The van der Waals surface area contributed by atoms with Crippen molar-refractivity contribution in [2.45, 2.75) is 0 Å². The second-order valence-electron chi connectivity index (χ2n) is 3.79. The minimum absolute atomic E-state index is 0.107. The number of amides is 1. The molecule has 0 spiro atoms. The van der Waals surface area contributed by atoms with E-state index in [1.54, 1.807) is 12.1 Å². The van der Waals surface area contributed by atoms with Gasteiger partial charge in [0.05, 0.1) is 11.2 Å². The van der Waals surface area contributed by atoms with Crippen molar-refractivity contribution in [3.05, 3.63) is 52.6 Å². The molecule has 2 rings (SSSR count). The van der Waals surface area contributed by atoms with Gasteiger partial charge in [-0.2, -0.15) is 0 Å². The number of carbonyl (C=O) groups excluding carboxylic acids is 1. The molecule has 8 heteroatoms. The van der Waals surface area contributed by atoms with E-state index in [0.717, 1.165) is 0 Å². The Morgan fingerprint density at radius 3 is 2.90 bits per heavy atom. The highest BCUT2D eigenvalue weighted by Gasteiger charge is 2.13. The largest absolute Gasteiger partial charge is 0.459 e. The number of aromatic nitrogens is 1. The molecular weight excluding hydrogens is 264 g/mol. The van der Waals surface area contributed by atoms with Crippen LogP contribution < -0.4 is 10.6 Å². The molecule has 0 unspecified atom stereocenters. The lowest BCUT2D eigenvalue weighted by atomic mass is 10.4. The molecule has 2 heterocycles. The number of hydrogen-bond acceptors (Lipinski definition) is 6. The lowest BCUT2D eigenvalue weighted by Crippen LogP contribution is -2.28. The van der Waals surface area contributed by atoms with Crippen LogP contribution in [0.25, 0.3) is 0 Å². The fraction of sp³-hybridized carbons (Fsp3) is 0.167. The highest BCUT2D eigenvalue weighted by atomic mass is 16.6. The lowest BCUT2D eigenvalue weighted by Gasteiger charge is -2.06. The molecule has 20 heavy (non-hydrogen) atoms. The molecule has 0 saturated heterocycles. The molecule has 2 N–H and O–H groups in total. The first-order valence-electron chi connectivity index (χ1n) is 5.83. The number of anilines is 1. The van der Waals surface area contributed by atoms with E-state index in [0.29, 0.717) is 6.54 Å². The van der Waals surface area contributed by atoms with Crippen LogP contribution in [0.3, 0.4) is 0 Å². The van der Waals surface area contributed by atoms with Gasteiger partial charge < -0.3 is 15.1 Å². The molecule has 0 aliphatic carbocycles. The zero-order valence-electron chi connectivity index (χ0n) is 10.4. The van der Waals surface area contributed by atoms with Crippen LogP contribution in [-0.4, -0.2) is 28.9 Å². The second-order valence-corrected chi connectivity index (χ2v) is 3.79. The third-order valence-corrected chi connectivity index (χ3v) is 2.43. The van der Waals surface area contributed by atoms with E-state index in [9.17, 15) is 14.9 Å².